The predicted octanol–water partition coefficient (Wildman–Crippen LogP) is 6.37. The SMILES string of the molecule is CCCCCC1CCCCC1CCCOc1ccc(F)cc1. The number of benzene rings is 1. The lowest BCUT2D eigenvalue weighted by molar-refractivity contribution is 0.190. The molecule has 0 spiro atoms. The van der Waals surface area contributed by atoms with E-state index in [2.05, 4.69) is 6.92 Å². The summed E-state index contributed by atoms with van der Waals surface area (Å²) in [7, 11) is 0. The molecule has 1 aliphatic rings. The van der Waals surface area contributed by atoms with Gasteiger partial charge >= 0.3 is 0 Å². The number of hydrogen-bond acceptors (Lipinski definition) is 1. The maximum Gasteiger partial charge on any atom is 0.123 e. The van der Waals surface area contributed by atoms with Crippen molar-refractivity contribution < 1.29 is 9.13 Å². The van der Waals surface area contributed by atoms with Crippen LogP contribution in [0.1, 0.15) is 71.1 Å². The van der Waals surface area contributed by atoms with Crippen molar-refractivity contribution in [2.45, 2.75) is 71.1 Å². The maximum absolute atomic E-state index is 12.8. The second-order valence-corrected chi connectivity index (χ2v) is 6.75. The zero-order chi connectivity index (χ0) is 15.6. The zero-order valence-corrected chi connectivity index (χ0v) is 14.0. The first kappa shape index (κ1) is 17.3. The van der Waals surface area contributed by atoms with Crippen LogP contribution in [0.3, 0.4) is 0 Å². The summed E-state index contributed by atoms with van der Waals surface area (Å²) in [6.45, 7) is 3.04. The quantitative estimate of drug-likeness (QED) is 0.481. The number of ether oxygens (including phenoxy) is 1. The topological polar surface area (TPSA) is 9.23 Å². The van der Waals surface area contributed by atoms with Crippen LogP contribution in [0.5, 0.6) is 5.75 Å². The van der Waals surface area contributed by atoms with Crippen LogP contribution in [0, 0.1) is 17.7 Å². The highest BCUT2D eigenvalue weighted by Crippen LogP contribution is 2.36. The molecule has 2 rings (SSSR count). The monoisotopic (exact) mass is 306 g/mol. The lowest BCUT2D eigenvalue weighted by atomic mass is 9.74. The number of halogens is 1. The van der Waals surface area contributed by atoms with Crippen molar-refractivity contribution >= 4 is 0 Å². The molecule has 0 aromatic heterocycles. The Morgan fingerprint density at radius 3 is 2.23 bits per heavy atom. The van der Waals surface area contributed by atoms with Gasteiger partial charge < -0.3 is 4.74 Å². The van der Waals surface area contributed by atoms with E-state index in [0.29, 0.717) is 0 Å². The lowest BCUT2D eigenvalue weighted by Gasteiger charge is -2.31. The Labute approximate surface area is 135 Å². The molecule has 1 fully saturated rings. The van der Waals surface area contributed by atoms with Gasteiger partial charge in [0.2, 0.25) is 0 Å². The molecule has 1 nitrogen and oxygen atoms in total. The molecule has 0 N–H and O–H groups in total. The van der Waals surface area contributed by atoms with Crippen molar-refractivity contribution in [3.05, 3.63) is 30.1 Å². The van der Waals surface area contributed by atoms with E-state index in [1.807, 2.05) is 0 Å². The van der Waals surface area contributed by atoms with Gasteiger partial charge in [-0.25, -0.2) is 4.39 Å². The van der Waals surface area contributed by atoms with E-state index in [0.717, 1.165) is 30.6 Å². The second kappa shape index (κ2) is 9.86. The average molecular weight is 306 g/mol. The van der Waals surface area contributed by atoms with E-state index >= 15 is 0 Å². The normalized spacial score (nSPS) is 21.7. The van der Waals surface area contributed by atoms with E-state index in [-0.39, 0.29) is 5.82 Å². The van der Waals surface area contributed by atoms with Crippen molar-refractivity contribution in [2.75, 3.05) is 6.61 Å². The fraction of sp³-hybridized carbons (Fsp3) is 0.700. The Kier molecular flexibility index (Phi) is 7.76. The zero-order valence-electron chi connectivity index (χ0n) is 14.0. The van der Waals surface area contributed by atoms with E-state index in [9.17, 15) is 4.39 Å². The van der Waals surface area contributed by atoms with Gasteiger partial charge in [-0.15, -0.1) is 0 Å². The van der Waals surface area contributed by atoms with Crippen molar-refractivity contribution in [3.63, 3.8) is 0 Å². The van der Waals surface area contributed by atoms with Gasteiger partial charge in [-0.2, -0.15) is 0 Å². The molecule has 0 amide bonds. The highest BCUT2D eigenvalue weighted by Gasteiger charge is 2.24. The predicted molar refractivity (Wildman–Crippen MR) is 90.7 cm³/mol. The van der Waals surface area contributed by atoms with Gasteiger partial charge in [-0.05, 0) is 48.9 Å². The van der Waals surface area contributed by atoms with Crippen LogP contribution in [-0.4, -0.2) is 6.61 Å². The minimum Gasteiger partial charge on any atom is -0.494 e. The lowest BCUT2D eigenvalue weighted by Crippen LogP contribution is -2.20. The summed E-state index contributed by atoms with van der Waals surface area (Å²) in [5.74, 6) is 2.43. The van der Waals surface area contributed by atoms with Crippen molar-refractivity contribution in [3.8, 4) is 5.75 Å². The molecule has 1 saturated carbocycles. The summed E-state index contributed by atoms with van der Waals surface area (Å²) in [6.07, 6.45) is 13.6. The fourth-order valence-corrected chi connectivity index (χ4v) is 3.77. The van der Waals surface area contributed by atoms with Gasteiger partial charge in [0.1, 0.15) is 11.6 Å². The molecule has 0 bridgehead atoms. The van der Waals surface area contributed by atoms with Crippen LogP contribution in [0.25, 0.3) is 0 Å². The Morgan fingerprint density at radius 2 is 1.59 bits per heavy atom. The number of hydrogen-bond donors (Lipinski definition) is 0. The Hall–Kier alpha value is -1.05. The third-order valence-corrected chi connectivity index (χ3v) is 5.05. The minimum absolute atomic E-state index is 0.204. The molecule has 0 heterocycles. The van der Waals surface area contributed by atoms with Crippen LogP contribution in [0.4, 0.5) is 4.39 Å². The molecule has 0 saturated heterocycles. The Bertz CT molecular complexity index is 401. The third kappa shape index (κ3) is 5.98. The summed E-state index contributed by atoms with van der Waals surface area (Å²) in [4.78, 5) is 0. The first-order valence-electron chi connectivity index (χ1n) is 9.18. The van der Waals surface area contributed by atoms with E-state index in [1.165, 1.54) is 69.9 Å². The highest BCUT2D eigenvalue weighted by atomic mass is 19.1. The first-order valence-corrected chi connectivity index (χ1v) is 9.18. The van der Waals surface area contributed by atoms with Gasteiger partial charge in [0, 0.05) is 0 Å². The third-order valence-electron chi connectivity index (χ3n) is 5.05. The summed E-state index contributed by atoms with van der Waals surface area (Å²) in [6, 6.07) is 6.34. The van der Waals surface area contributed by atoms with Crippen LogP contribution in [-0.2, 0) is 0 Å². The molecule has 22 heavy (non-hydrogen) atoms. The average Bonchev–Trinajstić information content (AvgIpc) is 2.55. The van der Waals surface area contributed by atoms with Crippen molar-refractivity contribution in [1.82, 2.24) is 0 Å². The van der Waals surface area contributed by atoms with Crippen LogP contribution < -0.4 is 4.74 Å². The largest absolute Gasteiger partial charge is 0.494 e. The van der Waals surface area contributed by atoms with Gasteiger partial charge in [0.15, 0.2) is 0 Å². The van der Waals surface area contributed by atoms with E-state index in [1.54, 1.807) is 12.1 Å². The summed E-state index contributed by atoms with van der Waals surface area (Å²) < 4.78 is 18.6. The molecule has 1 aliphatic carbocycles. The minimum atomic E-state index is -0.204. The van der Waals surface area contributed by atoms with Crippen LogP contribution >= 0.6 is 0 Å². The van der Waals surface area contributed by atoms with Crippen LogP contribution in [0.2, 0.25) is 0 Å². The second-order valence-electron chi connectivity index (χ2n) is 6.75. The van der Waals surface area contributed by atoms with E-state index < -0.39 is 0 Å². The molecule has 2 unspecified atom stereocenters. The van der Waals surface area contributed by atoms with Crippen molar-refractivity contribution in [2.24, 2.45) is 11.8 Å². The summed E-state index contributed by atoms with van der Waals surface area (Å²) in [5, 5.41) is 0. The van der Waals surface area contributed by atoms with Gasteiger partial charge in [-0.1, -0.05) is 58.3 Å². The maximum atomic E-state index is 12.8. The van der Waals surface area contributed by atoms with Gasteiger partial charge in [0.05, 0.1) is 6.61 Å². The number of rotatable bonds is 9. The molecule has 0 aliphatic heterocycles. The van der Waals surface area contributed by atoms with Crippen LogP contribution in [0.15, 0.2) is 24.3 Å². The molecular formula is C20H31FO. The number of unbranched alkanes of at least 4 members (excludes halogenated alkanes) is 2. The molecule has 0 radical (unpaired) electrons. The van der Waals surface area contributed by atoms with Gasteiger partial charge in [-0.3, -0.25) is 0 Å². The molecule has 124 valence electrons. The fourth-order valence-electron chi connectivity index (χ4n) is 3.77. The standard InChI is InChI=1S/C20H31FO/c1-2-3-4-8-17-9-5-6-10-18(17)11-7-16-22-20-14-12-19(21)13-15-20/h12-15,17-18H,2-11,16H2,1H3. The van der Waals surface area contributed by atoms with Crippen molar-refractivity contribution in [1.29, 1.82) is 0 Å². The molecule has 2 heteroatoms. The highest BCUT2D eigenvalue weighted by molar-refractivity contribution is 5.21. The Balaban J connectivity index is 1.66. The first-order chi connectivity index (χ1) is 10.8. The Morgan fingerprint density at radius 1 is 0.955 bits per heavy atom. The van der Waals surface area contributed by atoms with Gasteiger partial charge in [0.25, 0.3) is 0 Å². The smallest absolute Gasteiger partial charge is 0.123 e. The molecule has 2 atom stereocenters. The molecule has 1 aromatic carbocycles. The van der Waals surface area contributed by atoms with E-state index in [4.69, 9.17) is 4.74 Å². The summed E-state index contributed by atoms with van der Waals surface area (Å²) >= 11 is 0. The molecule has 1 aromatic rings. The molecular weight excluding hydrogens is 275 g/mol. The summed E-state index contributed by atoms with van der Waals surface area (Å²) in [5.41, 5.74) is 0.